The number of hydrogen-bond donors (Lipinski definition) is 0. The molecule has 0 fully saturated rings. The van der Waals surface area contributed by atoms with Crippen LogP contribution in [0.25, 0.3) is 116 Å². The molecule has 318 valence electrons. The summed E-state index contributed by atoms with van der Waals surface area (Å²) in [6.07, 6.45) is 0. The molecule has 0 unspecified atom stereocenters. The van der Waals surface area contributed by atoms with Crippen LogP contribution in [0.5, 0.6) is 0 Å². The fourth-order valence-electron chi connectivity index (χ4n) is 10.7. The highest BCUT2D eigenvalue weighted by Crippen LogP contribution is 2.46. The Hall–Kier alpha value is -9.12. The van der Waals surface area contributed by atoms with Crippen molar-refractivity contribution >= 4 is 93.5 Å². The lowest BCUT2D eigenvalue weighted by Crippen LogP contribution is -2.11. The lowest BCUT2D eigenvalue weighted by Gasteiger charge is -2.28. The number of aromatic nitrogens is 1. The lowest BCUT2D eigenvalue weighted by molar-refractivity contribution is 0.669. The smallest absolute Gasteiger partial charge is 0.136 e. The first-order valence-electron chi connectivity index (χ1n) is 23.2. The number of furan rings is 2. The molecule has 4 heteroatoms. The van der Waals surface area contributed by atoms with Crippen LogP contribution in [0.2, 0.25) is 0 Å². The second-order valence-corrected chi connectivity index (χ2v) is 17.6. The van der Waals surface area contributed by atoms with Crippen molar-refractivity contribution in [1.82, 2.24) is 4.57 Å². The fourth-order valence-corrected chi connectivity index (χ4v) is 10.7. The molecule has 14 rings (SSSR count). The van der Waals surface area contributed by atoms with Gasteiger partial charge >= 0.3 is 0 Å². The molecule has 0 saturated heterocycles. The molecule has 0 radical (unpaired) electrons. The van der Waals surface area contributed by atoms with Crippen LogP contribution in [-0.4, -0.2) is 4.57 Å². The van der Waals surface area contributed by atoms with Crippen molar-refractivity contribution < 1.29 is 8.83 Å². The molecule has 3 heterocycles. The second kappa shape index (κ2) is 15.2. The lowest BCUT2D eigenvalue weighted by atomic mass is 9.96. The highest BCUT2D eigenvalue weighted by atomic mass is 16.3. The Morgan fingerprint density at radius 3 is 1.60 bits per heavy atom. The van der Waals surface area contributed by atoms with Gasteiger partial charge in [0.25, 0.3) is 0 Å². The van der Waals surface area contributed by atoms with Crippen molar-refractivity contribution in [2.24, 2.45) is 0 Å². The van der Waals surface area contributed by atoms with Gasteiger partial charge in [0.1, 0.15) is 22.3 Å². The van der Waals surface area contributed by atoms with E-state index in [0.29, 0.717) is 0 Å². The number of fused-ring (bicyclic) bond motifs is 10. The van der Waals surface area contributed by atoms with Gasteiger partial charge in [0, 0.05) is 54.8 Å². The van der Waals surface area contributed by atoms with Crippen molar-refractivity contribution in [3.05, 3.63) is 243 Å². The van der Waals surface area contributed by atoms with Crippen LogP contribution in [0.1, 0.15) is 0 Å². The van der Waals surface area contributed by atoms with E-state index in [0.717, 1.165) is 105 Å². The third kappa shape index (κ3) is 6.01. The normalized spacial score (nSPS) is 11.8. The highest BCUT2D eigenvalue weighted by Gasteiger charge is 2.22. The van der Waals surface area contributed by atoms with Gasteiger partial charge in [0.15, 0.2) is 0 Å². The van der Waals surface area contributed by atoms with E-state index in [1.165, 1.54) is 27.2 Å². The summed E-state index contributed by atoms with van der Waals surface area (Å²) in [5, 5.41) is 9.31. The molecule has 0 atom stereocenters. The molecule has 0 spiro atoms. The standard InChI is InChI=1S/C64H40N2O2/c1-2-15-44-39-63-55(38-43(44)14-1)64-54(21-13-27-61(64)68-63)51-19-6-9-23-57(51)65(46-33-28-41(29-34-46)45-32-37-53-52-20-7-12-26-60(52)67-62(53)40-45)47-35-30-42(31-36-47)48-16-3-8-22-56(48)66-58-24-10-4-17-49(58)50-18-5-11-25-59(50)66/h1-40H. The molecule has 0 aliphatic carbocycles. The highest BCUT2D eigenvalue weighted by molar-refractivity contribution is 6.17. The second-order valence-electron chi connectivity index (χ2n) is 17.6. The van der Waals surface area contributed by atoms with Crippen LogP contribution in [-0.2, 0) is 0 Å². The Kier molecular flexibility index (Phi) is 8.55. The third-order valence-corrected chi connectivity index (χ3v) is 13.8. The molecule has 0 aliphatic heterocycles. The maximum Gasteiger partial charge on any atom is 0.136 e. The first-order valence-corrected chi connectivity index (χ1v) is 23.2. The number of hydrogen-bond acceptors (Lipinski definition) is 3. The average Bonchev–Trinajstić information content (AvgIpc) is 4.08. The average molecular weight is 869 g/mol. The van der Waals surface area contributed by atoms with Gasteiger partial charge in [-0.2, -0.15) is 0 Å². The van der Waals surface area contributed by atoms with Gasteiger partial charge in [0.05, 0.1) is 22.4 Å². The van der Waals surface area contributed by atoms with Crippen LogP contribution < -0.4 is 4.90 Å². The van der Waals surface area contributed by atoms with Crippen molar-refractivity contribution in [1.29, 1.82) is 0 Å². The summed E-state index contributed by atoms with van der Waals surface area (Å²) in [6.45, 7) is 0. The maximum atomic E-state index is 6.61. The Bertz CT molecular complexity index is 4210. The van der Waals surface area contributed by atoms with Crippen molar-refractivity contribution in [2.45, 2.75) is 0 Å². The van der Waals surface area contributed by atoms with Gasteiger partial charge in [-0.15, -0.1) is 0 Å². The van der Waals surface area contributed by atoms with Crippen LogP contribution in [0.3, 0.4) is 0 Å². The van der Waals surface area contributed by atoms with E-state index in [4.69, 9.17) is 8.83 Å². The maximum absolute atomic E-state index is 6.61. The fraction of sp³-hybridized carbons (Fsp3) is 0. The number of para-hydroxylation sites is 5. The van der Waals surface area contributed by atoms with Gasteiger partial charge in [0.2, 0.25) is 0 Å². The van der Waals surface area contributed by atoms with Gasteiger partial charge in [-0.25, -0.2) is 0 Å². The summed E-state index contributed by atoms with van der Waals surface area (Å²) < 4.78 is 15.3. The molecule has 0 amide bonds. The van der Waals surface area contributed by atoms with E-state index in [1.807, 2.05) is 12.1 Å². The number of benzene rings is 11. The van der Waals surface area contributed by atoms with E-state index in [1.54, 1.807) is 0 Å². The zero-order valence-electron chi connectivity index (χ0n) is 36.8. The molecule has 68 heavy (non-hydrogen) atoms. The largest absolute Gasteiger partial charge is 0.456 e. The van der Waals surface area contributed by atoms with Crippen molar-refractivity contribution in [3.8, 4) is 39.1 Å². The predicted octanol–water partition coefficient (Wildman–Crippen LogP) is 18.2. The number of rotatable bonds is 7. The number of nitrogens with zero attached hydrogens (tertiary/aromatic N) is 2. The Balaban J connectivity index is 0.925. The molecular weight excluding hydrogens is 829 g/mol. The molecular formula is C64H40N2O2. The summed E-state index contributed by atoms with van der Waals surface area (Å²) >= 11 is 0. The zero-order valence-corrected chi connectivity index (χ0v) is 36.8. The van der Waals surface area contributed by atoms with Crippen LogP contribution in [0, 0.1) is 0 Å². The van der Waals surface area contributed by atoms with Crippen molar-refractivity contribution in [3.63, 3.8) is 0 Å². The monoisotopic (exact) mass is 868 g/mol. The summed E-state index contributed by atoms with van der Waals surface area (Å²) in [5.74, 6) is 0. The van der Waals surface area contributed by atoms with Gasteiger partial charge in [-0.1, -0.05) is 158 Å². The van der Waals surface area contributed by atoms with E-state index >= 15 is 0 Å². The van der Waals surface area contributed by atoms with Gasteiger partial charge < -0.3 is 18.3 Å². The van der Waals surface area contributed by atoms with Gasteiger partial charge in [-0.3, -0.25) is 0 Å². The van der Waals surface area contributed by atoms with Crippen LogP contribution >= 0.6 is 0 Å². The Morgan fingerprint density at radius 2 is 0.838 bits per heavy atom. The van der Waals surface area contributed by atoms with E-state index in [9.17, 15) is 0 Å². The van der Waals surface area contributed by atoms with Crippen LogP contribution in [0.15, 0.2) is 251 Å². The number of anilines is 3. The van der Waals surface area contributed by atoms with Crippen molar-refractivity contribution in [2.75, 3.05) is 4.90 Å². The quantitative estimate of drug-likeness (QED) is 0.160. The zero-order chi connectivity index (χ0) is 44.7. The van der Waals surface area contributed by atoms with Crippen LogP contribution in [0.4, 0.5) is 17.1 Å². The predicted molar refractivity (Wildman–Crippen MR) is 284 cm³/mol. The Morgan fingerprint density at radius 1 is 0.309 bits per heavy atom. The molecule has 0 saturated carbocycles. The van der Waals surface area contributed by atoms with E-state index in [-0.39, 0.29) is 0 Å². The molecule has 0 N–H and O–H groups in total. The minimum absolute atomic E-state index is 0.867. The summed E-state index contributed by atoms with van der Waals surface area (Å²) in [7, 11) is 0. The summed E-state index contributed by atoms with van der Waals surface area (Å²) in [6, 6.07) is 87.0. The molecule has 0 bridgehead atoms. The van der Waals surface area contributed by atoms with E-state index in [2.05, 4.69) is 240 Å². The van der Waals surface area contributed by atoms with Gasteiger partial charge in [-0.05, 0) is 118 Å². The molecule has 14 aromatic rings. The first-order chi connectivity index (χ1) is 33.7. The minimum Gasteiger partial charge on any atom is -0.456 e. The molecule has 4 nitrogen and oxygen atoms in total. The third-order valence-electron chi connectivity index (χ3n) is 13.8. The topological polar surface area (TPSA) is 34.5 Å². The minimum atomic E-state index is 0.867. The molecule has 3 aromatic heterocycles. The summed E-state index contributed by atoms with van der Waals surface area (Å²) in [5.41, 5.74) is 16.9. The van der Waals surface area contributed by atoms with E-state index < -0.39 is 0 Å². The SMILES string of the molecule is c1ccc(N(c2ccc(-c3ccc4c(c3)oc3ccccc34)cc2)c2ccc(-c3ccccc3-n3c4ccccc4c4ccccc43)cc2)c(-c2cccc3oc4cc5ccccc5cc4c23)c1. The Labute approximate surface area is 391 Å². The first kappa shape index (κ1) is 38.2. The molecule has 0 aliphatic rings. The molecule has 11 aromatic carbocycles. The summed E-state index contributed by atoms with van der Waals surface area (Å²) in [4.78, 5) is 2.39.